The highest BCUT2D eigenvalue weighted by Gasteiger charge is 2.52. The minimum Gasteiger partial charge on any atom is -0.353 e. The third-order valence-electron chi connectivity index (χ3n) is 7.32. The molecule has 0 aromatic heterocycles. The monoisotopic (exact) mass is 469 g/mol. The van der Waals surface area contributed by atoms with E-state index in [0.29, 0.717) is 25.1 Å². The van der Waals surface area contributed by atoms with E-state index >= 15 is 0 Å². The lowest BCUT2D eigenvalue weighted by Gasteiger charge is -2.33. The second-order valence-corrected chi connectivity index (χ2v) is 9.65. The Morgan fingerprint density at radius 2 is 1.79 bits per heavy atom. The molecule has 34 heavy (non-hydrogen) atoms. The predicted octanol–water partition coefficient (Wildman–Crippen LogP) is 2.04. The number of hydrogen-bond acceptors (Lipinski definition) is 5. The zero-order valence-electron chi connectivity index (χ0n) is 19.8. The average molecular weight is 470 g/mol. The maximum absolute atomic E-state index is 13.2. The van der Waals surface area contributed by atoms with Gasteiger partial charge in [0.25, 0.3) is 11.8 Å². The quantitative estimate of drug-likeness (QED) is 0.529. The van der Waals surface area contributed by atoms with Gasteiger partial charge in [-0.1, -0.05) is 56.5 Å². The molecular weight excluding hydrogens is 434 g/mol. The van der Waals surface area contributed by atoms with Crippen LogP contribution in [0.2, 0.25) is 0 Å². The molecule has 4 rings (SSSR count). The van der Waals surface area contributed by atoms with Gasteiger partial charge < -0.3 is 10.6 Å². The number of amides is 5. The summed E-state index contributed by atoms with van der Waals surface area (Å²) in [4.78, 5) is 53.2. The standard InChI is InChI=1S/C25H35N5O4/c1-2-25(19-11-5-3-6-12-19)23(33)30(24(34)27-25)28-21(31)17-29-15-9-10-18(16-29)22(32)26-20-13-7-4-8-14-20/h3,5-6,11-12,18,20H,2,4,7-10,13-17H2,1H3,(H,26,32)(H,27,34)(H,28,31). The fraction of sp³-hybridized carbons (Fsp3) is 0.600. The Labute approximate surface area is 200 Å². The molecular formula is C25H35N5O4. The van der Waals surface area contributed by atoms with Crippen LogP contribution in [0.25, 0.3) is 0 Å². The van der Waals surface area contributed by atoms with E-state index < -0.39 is 23.4 Å². The lowest BCUT2D eigenvalue weighted by Crippen LogP contribution is -2.53. The number of carbonyl (C=O) groups is 4. The number of likely N-dealkylation sites (tertiary alicyclic amines) is 1. The molecule has 0 bridgehead atoms. The molecule has 0 radical (unpaired) electrons. The van der Waals surface area contributed by atoms with Crippen LogP contribution in [0.15, 0.2) is 30.3 Å². The van der Waals surface area contributed by atoms with E-state index in [1.165, 1.54) is 6.42 Å². The van der Waals surface area contributed by atoms with Crippen molar-refractivity contribution in [3.8, 4) is 0 Å². The number of hydrazine groups is 1. The molecule has 184 valence electrons. The molecule has 1 saturated carbocycles. The van der Waals surface area contributed by atoms with E-state index in [2.05, 4.69) is 16.1 Å². The van der Waals surface area contributed by atoms with Gasteiger partial charge in [-0.05, 0) is 44.2 Å². The molecule has 3 aliphatic rings. The Bertz CT molecular complexity index is 917. The molecule has 3 N–H and O–H groups in total. The summed E-state index contributed by atoms with van der Waals surface area (Å²) in [5.41, 5.74) is 1.97. The summed E-state index contributed by atoms with van der Waals surface area (Å²) in [5.74, 6) is -1.02. The van der Waals surface area contributed by atoms with Gasteiger partial charge in [-0.25, -0.2) is 4.79 Å². The van der Waals surface area contributed by atoms with E-state index in [0.717, 1.165) is 43.5 Å². The van der Waals surface area contributed by atoms with Gasteiger partial charge in [0, 0.05) is 12.6 Å². The van der Waals surface area contributed by atoms with Gasteiger partial charge in [-0.3, -0.25) is 24.7 Å². The van der Waals surface area contributed by atoms with E-state index in [-0.39, 0.29) is 24.4 Å². The summed E-state index contributed by atoms with van der Waals surface area (Å²) >= 11 is 0. The lowest BCUT2D eigenvalue weighted by atomic mass is 9.87. The van der Waals surface area contributed by atoms with E-state index in [9.17, 15) is 19.2 Å². The van der Waals surface area contributed by atoms with Crippen LogP contribution in [0.4, 0.5) is 4.79 Å². The normalized spacial score (nSPS) is 26.3. The molecule has 1 aromatic rings. The van der Waals surface area contributed by atoms with Crippen LogP contribution < -0.4 is 16.1 Å². The summed E-state index contributed by atoms with van der Waals surface area (Å²) in [6.07, 6.45) is 7.63. The predicted molar refractivity (Wildman–Crippen MR) is 126 cm³/mol. The number of nitrogens with one attached hydrogen (secondary N) is 3. The van der Waals surface area contributed by atoms with Gasteiger partial charge in [0.05, 0.1) is 12.5 Å². The second kappa shape index (κ2) is 10.5. The van der Waals surface area contributed by atoms with Gasteiger partial charge in [0.2, 0.25) is 5.91 Å². The molecule has 1 aromatic carbocycles. The minimum atomic E-state index is -1.20. The van der Waals surface area contributed by atoms with Crippen molar-refractivity contribution < 1.29 is 19.2 Å². The average Bonchev–Trinajstić information content (AvgIpc) is 3.10. The highest BCUT2D eigenvalue weighted by Crippen LogP contribution is 2.31. The number of carbonyl (C=O) groups excluding carboxylic acids is 4. The first kappa shape index (κ1) is 24.2. The number of rotatable bonds is 7. The number of nitrogens with zero attached hydrogens (tertiary/aromatic N) is 2. The van der Waals surface area contributed by atoms with Crippen LogP contribution in [-0.4, -0.2) is 59.3 Å². The van der Waals surface area contributed by atoms with Gasteiger partial charge in [-0.15, -0.1) is 0 Å². The van der Waals surface area contributed by atoms with Crippen LogP contribution in [-0.2, 0) is 19.9 Å². The highest BCUT2D eigenvalue weighted by molar-refractivity contribution is 6.08. The Morgan fingerprint density at radius 1 is 1.06 bits per heavy atom. The molecule has 5 amide bonds. The Hall–Kier alpha value is -2.94. The first-order chi connectivity index (χ1) is 16.4. The van der Waals surface area contributed by atoms with Crippen molar-refractivity contribution in [1.29, 1.82) is 0 Å². The minimum absolute atomic E-state index is 0.0226. The van der Waals surface area contributed by atoms with Crippen molar-refractivity contribution in [1.82, 2.24) is 26.0 Å². The molecule has 2 heterocycles. The molecule has 2 saturated heterocycles. The Balaban J connectivity index is 1.32. The first-order valence-electron chi connectivity index (χ1n) is 12.5. The number of hydrogen-bond donors (Lipinski definition) is 3. The number of benzene rings is 1. The van der Waals surface area contributed by atoms with Crippen molar-refractivity contribution >= 4 is 23.8 Å². The second-order valence-electron chi connectivity index (χ2n) is 9.65. The zero-order chi connectivity index (χ0) is 24.1. The molecule has 2 atom stereocenters. The van der Waals surface area contributed by atoms with Crippen molar-refractivity contribution in [3.63, 3.8) is 0 Å². The van der Waals surface area contributed by atoms with Gasteiger partial charge in [0.1, 0.15) is 5.54 Å². The fourth-order valence-electron chi connectivity index (χ4n) is 5.38. The summed E-state index contributed by atoms with van der Waals surface area (Å²) in [6, 6.07) is 8.67. The molecule has 3 fully saturated rings. The van der Waals surface area contributed by atoms with Crippen molar-refractivity contribution in [3.05, 3.63) is 35.9 Å². The van der Waals surface area contributed by atoms with E-state index in [1.807, 2.05) is 30.0 Å². The summed E-state index contributed by atoms with van der Waals surface area (Å²) in [6.45, 7) is 3.04. The fourth-order valence-corrected chi connectivity index (χ4v) is 5.38. The number of imide groups is 1. The maximum atomic E-state index is 13.2. The van der Waals surface area contributed by atoms with Crippen LogP contribution in [0, 0.1) is 5.92 Å². The largest absolute Gasteiger partial charge is 0.353 e. The highest BCUT2D eigenvalue weighted by atomic mass is 16.2. The lowest BCUT2D eigenvalue weighted by molar-refractivity contribution is -0.140. The molecule has 2 aliphatic heterocycles. The third-order valence-corrected chi connectivity index (χ3v) is 7.32. The number of urea groups is 1. The van der Waals surface area contributed by atoms with Crippen molar-refractivity contribution in [2.75, 3.05) is 19.6 Å². The smallest absolute Gasteiger partial charge is 0.344 e. The van der Waals surface area contributed by atoms with Gasteiger partial charge >= 0.3 is 6.03 Å². The SMILES string of the molecule is CCC1(c2ccccc2)NC(=O)N(NC(=O)CN2CCCC(C(=O)NC3CCCCC3)C2)C1=O. The summed E-state index contributed by atoms with van der Waals surface area (Å²) in [5, 5.41) is 6.74. The molecule has 9 nitrogen and oxygen atoms in total. The first-order valence-corrected chi connectivity index (χ1v) is 12.5. The molecule has 2 unspecified atom stereocenters. The van der Waals surface area contributed by atoms with Crippen LogP contribution in [0.3, 0.4) is 0 Å². The van der Waals surface area contributed by atoms with Crippen LogP contribution in [0.5, 0.6) is 0 Å². The van der Waals surface area contributed by atoms with Crippen LogP contribution in [0.1, 0.15) is 63.9 Å². The zero-order valence-corrected chi connectivity index (χ0v) is 19.8. The van der Waals surface area contributed by atoms with Gasteiger partial charge in [0.15, 0.2) is 0 Å². The maximum Gasteiger partial charge on any atom is 0.344 e. The van der Waals surface area contributed by atoms with E-state index in [1.54, 1.807) is 12.1 Å². The molecule has 0 spiro atoms. The van der Waals surface area contributed by atoms with Crippen LogP contribution >= 0.6 is 0 Å². The Morgan fingerprint density at radius 3 is 2.50 bits per heavy atom. The van der Waals surface area contributed by atoms with Crippen molar-refractivity contribution in [2.24, 2.45) is 5.92 Å². The molecule has 9 heteroatoms. The third kappa shape index (κ3) is 5.09. The topological polar surface area (TPSA) is 111 Å². The van der Waals surface area contributed by atoms with E-state index in [4.69, 9.17) is 0 Å². The summed E-state index contributed by atoms with van der Waals surface area (Å²) in [7, 11) is 0. The van der Waals surface area contributed by atoms with Gasteiger partial charge in [-0.2, -0.15) is 5.01 Å². The summed E-state index contributed by atoms with van der Waals surface area (Å²) < 4.78 is 0. The number of piperidine rings is 1. The van der Waals surface area contributed by atoms with Crippen molar-refractivity contribution in [2.45, 2.75) is 69.9 Å². The Kier molecular flexibility index (Phi) is 7.50. The molecule has 1 aliphatic carbocycles.